The number of hydrogen-bond acceptors (Lipinski definition) is 5. The highest BCUT2D eigenvalue weighted by Gasteiger charge is 2.16. The molecule has 6 nitrogen and oxygen atoms in total. The van der Waals surface area contributed by atoms with Crippen molar-refractivity contribution in [3.05, 3.63) is 29.3 Å². The Morgan fingerprint density at radius 1 is 1.18 bits per heavy atom. The number of methoxy groups -OCH3 is 1. The van der Waals surface area contributed by atoms with Crippen LogP contribution in [0, 0.1) is 0 Å². The van der Waals surface area contributed by atoms with E-state index in [4.69, 9.17) is 16.3 Å². The topological polar surface area (TPSA) is 81.7 Å². The zero-order chi connectivity index (χ0) is 16.5. The molecule has 0 heterocycles. The summed E-state index contributed by atoms with van der Waals surface area (Å²) in [6.45, 7) is 1.42. The molecule has 1 aromatic carbocycles. The number of ketones is 1. The fraction of sp³-hybridized carbons (Fsp3) is 0.400. The van der Waals surface area contributed by atoms with Crippen LogP contribution in [0.3, 0.4) is 0 Å². The molecule has 7 heteroatoms. The molecule has 1 aromatic rings. The first-order valence-corrected chi connectivity index (χ1v) is 7.08. The minimum atomic E-state index is -0.755. The van der Waals surface area contributed by atoms with Crippen LogP contribution in [0.2, 0.25) is 5.02 Å². The molecule has 0 bridgehead atoms. The van der Waals surface area contributed by atoms with E-state index < -0.39 is 18.0 Å². The number of hydrogen-bond donors (Lipinski definition) is 1. The van der Waals surface area contributed by atoms with Gasteiger partial charge in [0.25, 0.3) is 5.91 Å². The van der Waals surface area contributed by atoms with Crippen molar-refractivity contribution in [3.8, 4) is 5.75 Å². The van der Waals surface area contributed by atoms with Gasteiger partial charge in [-0.2, -0.15) is 0 Å². The lowest BCUT2D eigenvalue weighted by atomic mass is 10.2. The van der Waals surface area contributed by atoms with Gasteiger partial charge in [-0.25, -0.2) is 0 Å². The molecule has 120 valence electrons. The predicted octanol–water partition coefficient (Wildman–Crippen LogP) is 1.75. The summed E-state index contributed by atoms with van der Waals surface area (Å²) in [4.78, 5) is 34.2. The maximum Gasteiger partial charge on any atom is 0.305 e. The van der Waals surface area contributed by atoms with E-state index in [1.807, 2.05) is 0 Å². The van der Waals surface area contributed by atoms with Gasteiger partial charge in [0.15, 0.2) is 11.9 Å². The van der Waals surface area contributed by atoms with Crippen LogP contribution < -0.4 is 10.1 Å². The molecule has 0 spiro atoms. The van der Waals surface area contributed by atoms with Crippen LogP contribution in [0.5, 0.6) is 5.75 Å². The van der Waals surface area contributed by atoms with Gasteiger partial charge in [-0.1, -0.05) is 11.6 Å². The molecular weight excluding hydrogens is 310 g/mol. The lowest BCUT2D eigenvalue weighted by Crippen LogP contribution is -2.39. The second-order valence-corrected chi connectivity index (χ2v) is 4.98. The SMILES string of the molecule is COC(=O)CCC(=O)CNC(=O)C(C)Oc1ccc(Cl)cc1. The third kappa shape index (κ3) is 6.58. The van der Waals surface area contributed by atoms with E-state index in [0.717, 1.165) is 0 Å². The molecule has 0 aliphatic heterocycles. The lowest BCUT2D eigenvalue weighted by molar-refractivity contribution is -0.141. The molecule has 0 aromatic heterocycles. The van der Waals surface area contributed by atoms with Crippen molar-refractivity contribution in [2.24, 2.45) is 0 Å². The molecule has 0 saturated carbocycles. The maximum absolute atomic E-state index is 11.8. The predicted molar refractivity (Wildman–Crippen MR) is 80.8 cm³/mol. The molecule has 22 heavy (non-hydrogen) atoms. The van der Waals surface area contributed by atoms with Gasteiger partial charge in [-0.15, -0.1) is 0 Å². The quantitative estimate of drug-likeness (QED) is 0.736. The fourth-order valence-corrected chi connectivity index (χ4v) is 1.66. The highest BCUT2D eigenvalue weighted by Crippen LogP contribution is 2.16. The second kappa shape index (κ2) is 9.04. The van der Waals surface area contributed by atoms with Gasteiger partial charge in [0, 0.05) is 11.4 Å². The summed E-state index contributed by atoms with van der Waals surface area (Å²) in [6.07, 6.45) is -0.726. The van der Waals surface area contributed by atoms with Crippen molar-refractivity contribution in [2.75, 3.05) is 13.7 Å². The van der Waals surface area contributed by atoms with Crippen molar-refractivity contribution < 1.29 is 23.9 Å². The van der Waals surface area contributed by atoms with Crippen LogP contribution >= 0.6 is 11.6 Å². The Balaban J connectivity index is 2.33. The minimum absolute atomic E-state index is 0.00202. The van der Waals surface area contributed by atoms with E-state index in [1.165, 1.54) is 7.11 Å². The summed E-state index contributed by atoms with van der Waals surface area (Å²) < 4.78 is 9.85. The van der Waals surface area contributed by atoms with Gasteiger partial charge in [0.1, 0.15) is 5.75 Å². The van der Waals surface area contributed by atoms with Crippen LogP contribution in [-0.4, -0.2) is 37.4 Å². The molecule has 1 amide bonds. The van der Waals surface area contributed by atoms with E-state index in [0.29, 0.717) is 10.8 Å². The second-order valence-electron chi connectivity index (χ2n) is 4.55. The van der Waals surface area contributed by atoms with E-state index in [2.05, 4.69) is 10.1 Å². The fourth-order valence-electron chi connectivity index (χ4n) is 1.53. The molecule has 1 unspecified atom stereocenters. The number of Topliss-reactive ketones (excluding diaryl/α,β-unsaturated/α-hetero) is 1. The number of benzene rings is 1. The molecule has 0 radical (unpaired) electrons. The van der Waals surface area contributed by atoms with Crippen LogP contribution in [0.4, 0.5) is 0 Å². The standard InChI is InChI=1S/C15H18ClNO5/c1-10(22-13-6-3-11(16)4-7-13)15(20)17-9-12(18)5-8-14(19)21-2/h3-4,6-7,10H,5,8-9H2,1-2H3,(H,17,20). The van der Waals surface area contributed by atoms with Crippen LogP contribution in [-0.2, 0) is 19.1 Å². The van der Waals surface area contributed by atoms with Crippen LogP contribution in [0.1, 0.15) is 19.8 Å². The Kier molecular flexibility index (Phi) is 7.39. The number of carbonyl (C=O) groups is 3. The number of carbonyl (C=O) groups excluding carboxylic acids is 3. The minimum Gasteiger partial charge on any atom is -0.481 e. The highest BCUT2D eigenvalue weighted by atomic mass is 35.5. The van der Waals surface area contributed by atoms with Crippen LogP contribution in [0.15, 0.2) is 24.3 Å². The number of esters is 1. The molecule has 1 atom stereocenters. The number of halogens is 1. The van der Waals surface area contributed by atoms with Crippen molar-refractivity contribution in [1.82, 2.24) is 5.32 Å². The van der Waals surface area contributed by atoms with Gasteiger partial charge >= 0.3 is 5.97 Å². The average Bonchev–Trinajstić information content (AvgIpc) is 2.52. The number of amides is 1. The first-order chi connectivity index (χ1) is 10.4. The summed E-state index contributed by atoms with van der Waals surface area (Å²) in [7, 11) is 1.25. The Labute approximate surface area is 133 Å². The molecule has 0 aliphatic rings. The van der Waals surface area contributed by atoms with E-state index in [-0.39, 0.29) is 25.2 Å². The van der Waals surface area contributed by atoms with Gasteiger partial charge in [0.05, 0.1) is 20.1 Å². The molecule has 1 rings (SSSR count). The smallest absolute Gasteiger partial charge is 0.305 e. The number of nitrogens with one attached hydrogen (secondary N) is 1. The summed E-state index contributed by atoms with van der Waals surface area (Å²) in [5.41, 5.74) is 0. The molecule has 0 aliphatic carbocycles. The van der Waals surface area contributed by atoms with Gasteiger partial charge < -0.3 is 14.8 Å². The lowest BCUT2D eigenvalue weighted by Gasteiger charge is -2.14. The first-order valence-electron chi connectivity index (χ1n) is 6.71. The monoisotopic (exact) mass is 327 g/mol. The third-order valence-electron chi connectivity index (χ3n) is 2.79. The van der Waals surface area contributed by atoms with Gasteiger partial charge in [-0.05, 0) is 31.2 Å². The third-order valence-corrected chi connectivity index (χ3v) is 3.04. The van der Waals surface area contributed by atoms with Crippen molar-refractivity contribution in [1.29, 1.82) is 0 Å². The van der Waals surface area contributed by atoms with Crippen molar-refractivity contribution in [3.63, 3.8) is 0 Å². The van der Waals surface area contributed by atoms with Crippen LogP contribution in [0.25, 0.3) is 0 Å². The molecule has 1 N–H and O–H groups in total. The zero-order valence-corrected chi connectivity index (χ0v) is 13.2. The normalized spacial score (nSPS) is 11.4. The van der Waals surface area contributed by atoms with Crippen molar-refractivity contribution >= 4 is 29.3 Å². The number of ether oxygens (including phenoxy) is 2. The Morgan fingerprint density at radius 3 is 2.41 bits per heavy atom. The first kappa shape index (κ1) is 18.0. The van der Waals surface area contributed by atoms with Gasteiger partial charge in [0.2, 0.25) is 0 Å². The summed E-state index contributed by atoms with van der Waals surface area (Å²) in [5, 5.41) is 3.03. The molecular formula is C15H18ClNO5. The Hall–Kier alpha value is -2.08. The van der Waals surface area contributed by atoms with E-state index in [1.54, 1.807) is 31.2 Å². The summed E-state index contributed by atoms with van der Waals surface area (Å²) in [5.74, 6) is -0.623. The Bertz CT molecular complexity index is 529. The molecule has 0 fully saturated rings. The summed E-state index contributed by atoms with van der Waals surface area (Å²) >= 11 is 5.75. The largest absolute Gasteiger partial charge is 0.481 e. The zero-order valence-electron chi connectivity index (χ0n) is 12.4. The average molecular weight is 328 g/mol. The maximum atomic E-state index is 11.8. The van der Waals surface area contributed by atoms with Gasteiger partial charge in [-0.3, -0.25) is 14.4 Å². The van der Waals surface area contributed by atoms with Crippen molar-refractivity contribution in [2.45, 2.75) is 25.9 Å². The molecule has 0 saturated heterocycles. The van der Waals surface area contributed by atoms with E-state index in [9.17, 15) is 14.4 Å². The summed E-state index contributed by atoms with van der Waals surface area (Å²) in [6, 6.07) is 6.59. The Morgan fingerprint density at radius 2 is 1.82 bits per heavy atom. The highest BCUT2D eigenvalue weighted by molar-refractivity contribution is 6.30. The van der Waals surface area contributed by atoms with E-state index >= 15 is 0 Å². The number of rotatable bonds is 8.